The molecule has 3 aromatic rings. The van der Waals surface area contributed by atoms with Crippen LogP contribution in [0, 0.1) is 13.8 Å². The van der Waals surface area contributed by atoms with Crippen molar-refractivity contribution >= 4 is 16.9 Å². The topological polar surface area (TPSA) is 76.7 Å². The molecule has 5 heteroatoms. The van der Waals surface area contributed by atoms with E-state index in [1.165, 1.54) is 12.1 Å². The van der Waals surface area contributed by atoms with Crippen molar-refractivity contribution in [1.82, 2.24) is 0 Å². The van der Waals surface area contributed by atoms with Gasteiger partial charge in [-0.1, -0.05) is 18.2 Å². The van der Waals surface area contributed by atoms with Crippen molar-refractivity contribution < 1.29 is 19.1 Å². The second kappa shape index (κ2) is 6.20. The van der Waals surface area contributed by atoms with E-state index < -0.39 is 11.6 Å². The van der Waals surface area contributed by atoms with Gasteiger partial charge in [0.05, 0.1) is 5.56 Å². The van der Waals surface area contributed by atoms with E-state index in [9.17, 15) is 14.7 Å². The van der Waals surface area contributed by atoms with Gasteiger partial charge in [-0.05, 0) is 37.6 Å². The van der Waals surface area contributed by atoms with Gasteiger partial charge in [-0.2, -0.15) is 0 Å². The molecule has 0 fully saturated rings. The first kappa shape index (κ1) is 15.8. The van der Waals surface area contributed by atoms with Crippen LogP contribution in [0.1, 0.15) is 27.0 Å². The van der Waals surface area contributed by atoms with E-state index in [1.807, 2.05) is 19.1 Å². The summed E-state index contributed by atoms with van der Waals surface area (Å²) in [6, 6.07) is 11.6. The lowest BCUT2D eigenvalue weighted by Gasteiger charge is -2.10. The van der Waals surface area contributed by atoms with Crippen molar-refractivity contribution in [3.8, 4) is 5.75 Å². The van der Waals surface area contributed by atoms with Crippen LogP contribution in [0.4, 0.5) is 0 Å². The van der Waals surface area contributed by atoms with E-state index in [2.05, 4.69) is 0 Å². The number of aryl methyl sites for hydroxylation is 2. The molecule has 0 atom stereocenters. The van der Waals surface area contributed by atoms with E-state index in [-0.39, 0.29) is 12.4 Å². The predicted octanol–water partition coefficient (Wildman–Crippen LogP) is 3.47. The Balaban J connectivity index is 1.94. The summed E-state index contributed by atoms with van der Waals surface area (Å²) < 4.78 is 10.5. The van der Waals surface area contributed by atoms with Gasteiger partial charge < -0.3 is 14.3 Å². The van der Waals surface area contributed by atoms with Crippen LogP contribution >= 0.6 is 0 Å². The number of carbonyl (C=O) groups is 1. The lowest BCUT2D eigenvalue weighted by Crippen LogP contribution is -2.09. The fourth-order valence-corrected chi connectivity index (χ4v) is 2.56. The molecule has 122 valence electrons. The summed E-state index contributed by atoms with van der Waals surface area (Å²) in [5.41, 5.74) is 2.05. The van der Waals surface area contributed by atoms with Crippen LogP contribution < -0.4 is 5.63 Å². The van der Waals surface area contributed by atoms with E-state index in [0.717, 1.165) is 5.56 Å². The van der Waals surface area contributed by atoms with Gasteiger partial charge in [0.25, 0.3) is 0 Å². The molecule has 0 radical (unpaired) electrons. The molecule has 24 heavy (non-hydrogen) atoms. The maximum Gasteiger partial charge on any atom is 0.338 e. The Morgan fingerprint density at radius 3 is 2.67 bits per heavy atom. The molecule has 2 aromatic carbocycles. The number of aromatic hydroxyl groups is 1. The molecule has 5 nitrogen and oxygen atoms in total. The maximum atomic E-state index is 12.2. The van der Waals surface area contributed by atoms with Crippen molar-refractivity contribution in [3.05, 3.63) is 75.1 Å². The molecular formula is C19H16O5. The first-order chi connectivity index (χ1) is 11.5. The summed E-state index contributed by atoms with van der Waals surface area (Å²) in [7, 11) is 0. The Kier molecular flexibility index (Phi) is 4.08. The van der Waals surface area contributed by atoms with Gasteiger partial charge in [-0.15, -0.1) is 0 Å². The van der Waals surface area contributed by atoms with Gasteiger partial charge in [0.1, 0.15) is 17.9 Å². The molecule has 0 amide bonds. The molecule has 1 aromatic heterocycles. The van der Waals surface area contributed by atoms with Crippen molar-refractivity contribution in [2.24, 2.45) is 0 Å². The number of esters is 1. The van der Waals surface area contributed by atoms with Crippen molar-refractivity contribution in [3.63, 3.8) is 0 Å². The summed E-state index contributed by atoms with van der Waals surface area (Å²) in [6.07, 6.45) is 0. The third-order valence-electron chi connectivity index (χ3n) is 3.94. The Bertz CT molecular complexity index is 985. The van der Waals surface area contributed by atoms with Gasteiger partial charge in [0.2, 0.25) is 0 Å². The number of hydrogen-bond acceptors (Lipinski definition) is 5. The van der Waals surface area contributed by atoms with E-state index >= 15 is 0 Å². The average Bonchev–Trinajstić information content (AvgIpc) is 2.56. The van der Waals surface area contributed by atoms with Crippen LogP contribution in [-0.4, -0.2) is 11.1 Å². The monoisotopic (exact) mass is 324 g/mol. The average molecular weight is 324 g/mol. The van der Waals surface area contributed by atoms with Crippen molar-refractivity contribution in [1.29, 1.82) is 0 Å². The fraction of sp³-hybridized carbons (Fsp3) is 0.158. The number of benzene rings is 2. The molecule has 0 bridgehead atoms. The smallest absolute Gasteiger partial charge is 0.338 e. The molecular weight excluding hydrogens is 308 g/mol. The molecule has 1 N–H and O–H groups in total. The minimum absolute atomic E-state index is 0.0414. The molecule has 3 rings (SSSR count). The largest absolute Gasteiger partial charge is 0.508 e. The van der Waals surface area contributed by atoms with Gasteiger partial charge in [0, 0.05) is 22.6 Å². The first-order valence-electron chi connectivity index (χ1n) is 7.45. The molecule has 0 aliphatic rings. The number of ether oxygens (including phenoxy) is 1. The summed E-state index contributed by atoms with van der Waals surface area (Å²) in [4.78, 5) is 24.0. The third kappa shape index (κ3) is 2.88. The minimum atomic E-state index is -0.557. The van der Waals surface area contributed by atoms with E-state index in [4.69, 9.17) is 9.15 Å². The third-order valence-corrected chi connectivity index (χ3v) is 3.94. The lowest BCUT2D eigenvalue weighted by atomic mass is 10.1. The lowest BCUT2D eigenvalue weighted by molar-refractivity contribution is 0.0473. The van der Waals surface area contributed by atoms with Crippen LogP contribution in [0.25, 0.3) is 11.0 Å². The standard InChI is InChI=1S/C19H16O5/c1-11-5-3-4-6-14(11)19(22)23-10-13-9-17(21)24-18-12(2)16(20)8-7-15(13)18/h3-9,20H,10H2,1-2H3. The van der Waals surface area contributed by atoms with Gasteiger partial charge in [-0.3, -0.25) is 0 Å². The maximum absolute atomic E-state index is 12.2. The zero-order chi connectivity index (χ0) is 17.3. The zero-order valence-corrected chi connectivity index (χ0v) is 13.3. The summed E-state index contributed by atoms with van der Waals surface area (Å²) in [5.74, 6) is -0.412. The van der Waals surface area contributed by atoms with Crippen molar-refractivity contribution in [2.45, 2.75) is 20.5 Å². The highest BCUT2D eigenvalue weighted by molar-refractivity contribution is 5.91. The molecule has 0 aliphatic heterocycles. The second-order valence-corrected chi connectivity index (χ2v) is 5.57. The fourth-order valence-electron chi connectivity index (χ4n) is 2.56. The molecule has 0 saturated heterocycles. The first-order valence-corrected chi connectivity index (χ1v) is 7.45. The SMILES string of the molecule is Cc1ccccc1C(=O)OCc1cc(=O)oc2c(C)c(O)ccc12. The summed E-state index contributed by atoms with van der Waals surface area (Å²) in [6.45, 7) is 3.43. The molecule has 0 saturated carbocycles. The van der Waals surface area contributed by atoms with Crippen LogP contribution in [0.5, 0.6) is 5.75 Å². The summed E-state index contributed by atoms with van der Waals surface area (Å²) >= 11 is 0. The van der Waals surface area contributed by atoms with Gasteiger partial charge >= 0.3 is 11.6 Å². The van der Waals surface area contributed by atoms with E-state index in [1.54, 1.807) is 25.1 Å². The number of carbonyl (C=O) groups excluding carboxylic acids is 1. The molecule has 0 aliphatic carbocycles. The Morgan fingerprint density at radius 2 is 1.92 bits per heavy atom. The number of fused-ring (bicyclic) bond motifs is 1. The minimum Gasteiger partial charge on any atom is -0.508 e. The second-order valence-electron chi connectivity index (χ2n) is 5.57. The highest BCUT2D eigenvalue weighted by Crippen LogP contribution is 2.27. The Labute approximate surface area is 138 Å². The number of phenolic OH excluding ortho intramolecular Hbond substituents is 1. The summed E-state index contributed by atoms with van der Waals surface area (Å²) in [5, 5.41) is 10.4. The molecule has 0 spiro atoms. The number of phenols is 1. The number of rotatable bonds is 3. The van der Waals surface area contributed by atoms with Crippen LogP contribution in [0.3, 0.4) is 0 Å². The Morgan fingerprint density at radius 1 is 1.17 bits per heavy atom. The predicted molar refractivity (Wildman–Crippen MR) is 89.2 cm³/mol. The highest BCUT2D eigenvalue weighted by atomic mass is 16.5. The van der Waals surface area contributed by atoms with Gasteiger partial charge in [0.15, 0.2) is 0 Å². The zero-order valence-electron chi connectivity index (χ0n) is 13.3. The molecule has 1 heterocycles. The van der Waals surface area contributed by atoms with Crippen LogP contribution in [0.15, 0.2) is 51.7 Å². The Hall–Kier alpha value is -3.08. The highest BCUT2D eigenvalue weighted by Gasteiger charge is 2.14. The van der Waals surface area contributed by atoms with Crippen LogP contribution in [0.2, 0.25) is 0 Å². The van der Waals surface area contributed by atoms with E-state index in [0.29, 0.717) is 27.7 Å². The normalized spacial score (nSPS) is 10.8. The quantitative estimate of drug-likeness (QED) is 0.589. The van der Waals surface area contributed by atoms with Crippen LogP contribution in [-0.2, 0) is 11.3 Å². The molecule has 0 unspecified atom stereocenters. The van der Waals surface area contributed by atoms with Gasteiger partial charge in [-0.25, -0.2) is 9.59 Å². The number of hydrogen-bond donors (Lipinski definition) is 1. The van der Waals surface area contributed by atoms with Crippen molar-refractivity contribution in [2.75, 3.05) is 0 Å².